The van der Waals surface area contributed by atoms with Gasteiger partial charge in [-0.25, -0.2) is 8.42 Å². The van der Waals surface area contributed by atoms with Gasteiger partial charge in [-0.3, -0.25) is 9.10 Å². The van der Waals surface area contributed by atoms with Gasteiger partial charge in [0.15, 0.2) is 0 Å². The van der Waals surface area contributed by atoms with Crippen LogP contribution >= 0.6 is 0 Å². The number of nitrogens with zero attached hydrogens (tertiary/aromatic N) is 1. The molecule has 0 aliphatic rings. The van der Waals surface area contributed by atoms with Gasteiger partial charge in [0, 0.05) is 5.69 Å². The highest BCUT2D eigenvalue weighted by Crippen LogP contribution is 2.25. The van der Waals surface area contributed by atoms with Gasteiger partial charge in [-0.15, -0.1) is 0 Å². The fourth-order valence-corrected chi connectivity index (χ4v) is 4.03. The molecule has 2 aromatic rings. The molecule has 0 saturated heterocycles. The molecule has 27 heavy (non-hydrogen) atoms. The molecule has 1 atom stereocenters. The van der Waals surface area contributed by atoms with E-state index in [2.05, 4.69) is 5.32 Å². The van der Waals surface area contributed by atoms with Gasteiger partial charge < -0.3 is 10.1 Å². The normalized spacial score (nSPS) is 12.3. The van der Waals surface area contributed by atoms with Gasteiger partial charge in [0.2, 0.25) is 15.9 Å². The number of ether oxygens (including phenoxy) is 1. The van der Waals surface area contributed by atoms with Gasteiger partial charge in [0.05, 0.1) is 18.6 Å². The molecular weight excluding hydrogens is 364 g/mol. The van der Waals surface area contributed by atoms with E-state index in [4.69, 9.17) is 4.74 Å². The second-order valence-corrected chi connectivity index (χ2v) is 8.02. The first kappa shape index (κ1) is 20.8. The van der Waals surface area contributed by atoms with E-state index in [0.717, 1.165) is 22.5 Å². The predicted molar refractivity (Wildman–Crippen MR) is 109 cm³/mol. The summed E-state index contributed by atoms with van der Waals surface area (Å²) >= 11 is 0. The second kappa shape index (κ2) is 8.90. The number of anilines is 2. The molecule has 2 rings (SSSR count). The average molecular weight is 391 g/mol. The van der Waals surface area contributed by atoms with Crippen molar-refractivity contribution in [2.75, 3.05) is 22.5 Å². The summed E-state index contributed by atoms with van der Waals surface area (Å²) in [6, 6.07) is 13.2. The number of para-hydroxylation sites is 1. The van der Waals surface area contributed by atoms with Gasteiger partial charge >= 0.3 is 0 Å². The number of carbonyl (C=O) groups is 1. The third-order valence-electron chi connectivity index (χ3n) is 4.15. The highest BCUT2D eigenvalue weighted by Gasteiger charge is 2.29. The molecule has 1 amide bonds. The first-order valence-corrected chi connectivity index (χ1v) is 10.7. The van der Waals surface area contributed by atoms with E-state index in [1.807, 2.05) is 38.1 Å². The Morgan fingerprint density at radius 3 is 2.30 bits per heavy atom. The molecule has 7 heteroatoms. The predicted octanol–water partition coefficient (Wildman–Crippen LogP) is 3.44. The summed E-state index contributed by atoms with van der Waals surface area (Å²) in [6.07, 6.45) is 1.85. The highest BCUT2D eigenvalue weighted by atomic mass is 32.2. The summed E-state index contributed by atoms with van der Waals surface area (Å²) < 4.78 is 31.3. The van der Waals surface area contributed by atoms with Crippen molar-refractivity contribution in [2.45, 2.75) is 33.2 Å². The molecule has 0 unspecified atom stereocenters. The lowest BCUT2D eigenvalue weighted by molar-refractivity contribution is -0.116. The SMILES string of the molecule is CCOc1ccc(N([C@H](C)C(=O)Nc2ccccc2CC)S(C)(=O)=O)cc1. The number of hydrogen-bond acceptors (Lipinski definition) is 4. The number of rotatable bonds is 8. The van der Waals surface area contributed by atoms with Crippen LogP contribution in [0.3, 0.4) is 0 Å². The van der Waals surface area contributed by atoms with E-state index in [1.165, 1.54) is 0 Å². The minimum absolute atomic E-state index is 0.393. The summed E-state index contributed by atoms with van der Waals surface area (Å²) in [7, 11) is -3.66. The number of benzene rings is 2. The van der Waals surface area contributed by atoms with Gasteiger partial charge in [-0.2, -0.15) is 0 Å². The van der Waals surface area contributed by atoms with Gasteiger partial charge in [-0.1, -0.05) is 25.1 Å². The molecule has 0 aliphatic heterocycles. The third kappa shape index (κ3) is 5.23. The Morgan fingerprint density at radius 2 is 1.74 bits per heavy atom. The van der Waals surface area contributed by atoms with Crippen LogP contribution in [0, 0.1) is 0 Å². The topological polar surface area (TPSA) is 75.7 Å². The molecule has 0 aliphatic carbocycles. The standard InChI is InChI=1S/C20H26N2O4S/c1-5-16-9-7-8-10-19(16)21-20(23)15(3)22(27(4,24)25)17-11-13-18(14-12-17)26-6-2/h7-15H,5-6H2,1-4H3,(H,21,23)/t15-/m1/s1. The Kier molecular flexibility index (Phi) is 6.85. The lowest BCUT2D eigenvalue weighted by atomic mass is 10.1. The number of sulfonamides is 1. The maximum atomic E-state index is 12.8. The van der Waals surface area contributed by atoms with Crippen LogP contribution in [0.25, 0.3) is 0 Å². The Labute approximate surface area is 161 Å². The minimum atomic E-state index is -3.66. The first-order valence-electron chi connectivity index (χ1n) is 8.89. The van der Waals surface area contributed by atoms with Crippen molar-refractivity contribution in [3.63, 3.8) is 0 Å². The van der Waals surface area contributed by atoms with Crippen molar-refractivity contribution < 1.29 is 17.9 Å². The van der Waals surface area contributed by atoms with Crippen molar-refractivity contribution in [1.82, 2.24) is 0 Å². The minimum Gasteiger partial charge on any atom is -0.494 e. The van der Waals surface area contributed by atoms with Crippen molar-refractivity contribution in [2.24, 2.45) is 0 Å². The zero-order chi connectivity index (χ0) is 20.0. The third-order valence-corrected chi connectivity index (χ3v) is 5.39. The lowest BCUT2D eigenvalue weighted by Gasteiger charge is -2.28. The van der Waals surface area contributed by atoms with Crippen molar-refractivity contribution >= 4 is 27.3 Å². The van der Waals surface area contributed by atoms with Crippen molar-refractivity contribution in [1.29, 1.82) is 0 Å². The molecule has 146 valence electrons. The smallest absolute Gasteiger partial charge is 0.248 e. The van der Waals surface area contributed by atoms with Gasteiger partial charge in [0.25, 0.3) is 0 Å². The van der Waals surface area contributed by atoms with Crippen molar-refractivity contribution in [3.05, 3.63) is 54.1 Å². The summed E-state index contributed by atoms with van der Waals surface area (Å²) in [6.45, 7) is 5.96. The van der Waals surface area contributed by atoms with Crippen molar-refractivity contribution in [3.8, 4) is 5.75 Å². The average Bonchev–Trinajstić information content (AvgIpc) is 2.62. The molecule has 0 aromatic heterocycles. The fourth-order valence-electron chi connectivity index (χ4n) is 2.85. The zero-order valence-electron chi connectivity index (χ0n) is 16.1. The summed E-state index contributed by atoms with van der Waals surface area (Å²) in [5.74, 6) is 0.249. The molecular formula is C20H26N2O4S. The van der Waals surface area contributed by atoms with E-state index in [-0.39, 0.29) is 0 Å². The molecule has 0 fully saturated rings. The zero-order valence-corrected chi connectivity index (χ0v) is 16.9. The summed E-state index contributed by atoms with van der Waals surface area (Å²) in [5, 5.41) is 2.85. The molecule has 0 bridgehead atoms. The lowest BCUT2D eigenvalue weighted by Crippen LogP contribution is -2.45. The number of amides is 1. The number of nitrogens with one attached hydrogen (secondary N) is 1. The summed E-state index contributed by atoms with van der Waals surface area (Å²) in [5.41, 5.74) is 2.09. The van der Waals surface area contributed by atoms with Crippen LogP contribution in [0.1, 0.15) is 26.3 Å². The fraction of sp³-hybridized carbons (Fsp3) is 0.350. The van der Waals surface area contributed by atoms with Crippen LogP contribution in [0.4, 0.5) is 11.4 Å². The van der Waals surface area contributed by atoms with Crippen LogP contribution in [0.2, 0.25) is 0 Å². The van der Waals surface area contributed by atoms with Crippen LogP contribution < -0.4 is 14.4 Å². The molecule has 6 nitrogen and oxygen atoms in total. The van der Waals surface area contributed by atoms with Gasteiger partial charge in [-0.05, 0) is 56.2 Å². The molecule has 0 spiro atoms. The number of carbonyl (C=O) groups excluding carboxylic acids is 1. The number of hydrogen-bond donors (Lipinski definition) is 1. The van der Waals surface area contributed by atoms with Crippen LogP contribution in [0.15, 0.2) is 48.5 Å². The number of aryl methyl sites for hydroxylation is 1. The Hall–Kier alpha value is -2.54. The highest BCUT2D eigenvalue weighted by molar-refractivity contribution is 7.92. The maximum absolute atomic E-state index is 12.8. The Balaban J connectivity index is 2.29. The molecule has 0 radical (unpaired) electrons. The van der Waals surface area contributed by atoms with Crippen LogP contribution in [-0.4, -0.2) is 33.2 Å². The molecule has 1 N–H and O–H groups in total. The van der Waals surface area contributed by atoms with E-state index in [1.54, 1.807) is 31.2 Å². The van der Waals surface area contributed by atoms with Crippen LogP contribution in [0.5, 0.6) is 5.75 Å². The molecule has 0 saturated carbocycles. The molecule has 0 heterocycles. The van der Waals surface area contributed by atoms with E-state index < -0.39 is 22.0 Å². The largest absolute Gasteiger partial charge is 0.494 e. The monoisotopic (exact) mass is 390 g/mol. The van der Waals surface area contributed by atoms with Crippen LogP contribution in [-0.2, 0) is 21.2 Å². The first-order chi connectivity index (χ1) is 12.8. The molecule has 2 aromatic carbocycles. The maximum Gasteiger partial charge on any atom is 0.248 e. The van der Waals surface area contributed by atoms with E-state index in [9.17, 15) is 13.2 Å². The Morgan fingerprint density at radius 1 is 1.11 bits per heavy atom. The quantitative estimate of drug-likeness (QED) is 0.749. The Bertz CT molecular complexity index is 879. The second-order valence-electron chi connectivity index (χ2n) is 6.16. The van der Waals surface area contributed by atoms with E-state index in [0.29, 0.717) is 23.7 Å². The van der Waals surface area contributed by atoms with E-state index >= 15 is 0 Å². The van der Waals surface area contributed by atoms with Gasteiger partial charge in [0.1, 0.15) is 11.8 Å². The summed E-state index contributed by atoms with van der Waals surface area (Å²) in [4.78, 5) is 12.8.